The minimum Gasteiger partial charge on any atom is -0.357 e. The molecule has 0 atom stereocenters. The van der Waals surface area contributed by atoms with E-state index < -0.39 is 10.8 Å². The van der Waals surface area contributed by atoms with Gasteiger partial charge in [0.25, 0.3) is 11.6 Å². The van der Waals surface area contributed by atoms with Crippen LogP contribution in [-0.4, -0.2) is 15.9 Å². The Kier molecular flexibility index (Phi) is 6.61. The topological polar surface area (TPSA) is 96.3 Å². The molecule has 0 bridgehead atoms. The lowest BCUT2D eigenvalue weighted by atomic mass is 10.2. The molecule has 2 aromatic carbocycles. The first-order valence-electron chi connectivity index (χ1n) is 7.35. The summed E-state index contributed by atoms with van der Waals surface area (Å²) in [6, 6.07) is 15.7. The summed E-state index contributed by atoms with van der Waals surface area (Å²) in [4.78, 5) is 21.9. The molecule has 0 aliphatic heterocycles. The predicted molar refractivity (Wildman–Crippen MR) is 99.3 cm³/mol. The van der Waals surface area contributed by atoms with Gasteiger partial charge in [0.15, 0.2) is 5.11 Å². The zero-order chi connectivity index (χ0) is 18.1. The minimum absolute atomic E-state index is 0.0352. The summed E-state index contributed by atoms with van der Waals surface area (Å²) in [6.07, 6.45) is 2.73. The van der Waals surface area contributed by atoms with Crippen LogP contribution in [0.3, 0.4) is 0 Å². The highest BCUT2D eigenvalue weighted by Gasteiger charge is 2.04. The number of thiocarbonyl (C=S) groups is 1. The number of amides is 1. The number of benzene rings is 2. The molecule has 0 aromatic heterocycles. The Hall–Kier alpha value is -3.26. The monoisotopic (exact) mass is 356 g/mol. The first-order chi connectivity index (χ1) is 12.0. The van der Waals surface area contributed by atoms with E-state index in [0.29, 0.717) is 12.1 Å². The van der Waals surface area contributed by atoms with E-state index in [1.165, 1.54) is 24.3 Å². The van der Waals surface area contributed by atoms with Crippen molar-refractivity contribution in [1.82, 2.24) is 16.2 Å². The maximum Gasteiger partial charge on any atom is 0.270 e. The van der Waals surface area contributed by atoms with Crippen LogP contribution in [0.15, 0.2) is 60.7 Å². The SMILES string of the molecule is O=C(/C=C/c1cccc([N+](=O)[O-])c1)NNC(=S)NCc1ccccc1. The molecule has 0 spiro atoms. The molecule has 0 unspecified atom stereocenters. The fourth-order valence-corrected chi connectivity index (χ4v) is 2.02. The summed E-state index contributed by atoms with van der Waals surface area (Å²) in [5, 5.41) is 13.9. The molecular weight excluding hydrogens is 340 g/mol. The maximum absolute atomic E-state index is 11.7. The fraction of sp³-hybridized carbons (Fsp3) is 0.0588. The maximum atomic E-state index is 11.7. The second kappa shape index (κ2) is 9.14. The summed E-state index contributed by atoms with van der Waals surface area (Å²) in [7, 11) is 0. The zero-order valence-corrected chi connectivity index (χ0v) is 14.0. The molecule has 2 aromatic rings. The third kappa shape index (κ3) is 6.40. The van der Waals surface area contributed by atoms with Crippen LogP contribution >= 0.6 is 12.2 Å². The summed E-state index contributed by atoms with van der Waals surface area (Å²) >= 11 is 5.06. The third-order valence-electron chi connectivity index (χ3n) is 3.10. The van der Waals surface area contributed by atoms with Gasteiger partial charge in [-0.2, -0.15) is 0 Å². The van der Waals surface area contributed by atoms with Crippen molar-refractivity contribution >= 4 is 35.0 Å². The Morgan fingerprint density at radius 3 is 2.60 bits per heavy atom. The highest BCUT2D eigenvalue weighted by molar-refractivity contribution is 7.80. The van der Waals surface area contributed by atoms with Crippen molar-refractivity contribution in [2.24, 2.45) is 0 Å². The van der Waals surface area contributed by atoms with Crippen LogP contribution in [0, 0.1) is 10.1 Å². The van der Waals surface area contributed by atoms with E-state index in [1.807, 2.05) is 30.3 Å². The van der Waals surface area contributed by atoms with Gasteiger partial charge in [0.05, 0.1) is 4.92 Å². The number of non-ortho nitro benzene ring substituents is 1. The van der Waals surface area contributed by atoms with Crippen molar-refractivity contribution in [2.75, 3.05) is 0 Å². The smallest absolute Gasteiger partial charge is 0.270 e. The van der Waals surface area contributed by atoms with Crippen molar-refractivity contribution < 1.29 is 9.72 Å². The highest BCUT2D eigenvalue weighted by atomic mass is 32.1. The molecule has 0 aliphatic rings. The first-order valence-corrected chi connectivity index (χ1v) is 7.76. The van der Waals surface area contributed by atoms with Crippen molar-refractivity contribution in [2.45, 2.75) is 6.54 Å². The van der Waals surface area contributed by atoms with Crippen molar-refractivity contribution in [3.63, 3.8) is 0 Å². The van der Waals surface area contributed by atoms with Crippen molar-refractivity contribution in [3.05, 3.63) is 81.9 Å². The highest BCUT2D eigenvalue weighted by Crippen LogP contribution is 2.13. The van der Waals surface area contributed by atoms with E-state index in [1.54, 1.807) is 12.1 Å². The molecule has 8 heteroatoms. The van der Waals surface area contributed by atoms with Gasteiger partial charge in [0.2, 0.25) is 0 Å². The Balaban J connectivity index is 1.77. The van der Waals surface area contributed by atoms with E-state index in [4.69, 9.17) is 12.2 Å². The van der Waals surface area contributed by atoms with Gasteiger partial charge in [-0.25, -0.2) is 0 Å². The van der Waals surface area contributed by atoms with Crippen LogP contribution in [0.5, 0.6) is 0 Å². The Morgan fingerprint density at radius 2 is 1.88 bits per heavy atom. The fourth-order valence-electron chi connectivity index (χ4n) is 1.90. The summed E-state index contributed by atoms with van der Waals surface area (Å²) in [5.41, 5.74) is 6.57. The molecule has 0 saturated heterocycles. The lowest BCUT2D eigenvalue weighted by Gasteiger charge is -2.10. The summed E-state index contributed by atoms with van der Waals surface area (Å²) in [5.74, 6) is -0.435. The molecule has 1 amide bonds. The largest absolute Gasteiger partial charge is 0.357 e. The van der Waals surface area contributed by atoms with Crippen LogP contribution in [0.1, 0.15) is 11.1 Å². The lowest BCUT2D eigenvalue weighted by Crippen LogP contribution is -2.45. The number of hydrogen-bond donors (Lipinski definition) is 3. The van der Waals surface area contributed by atoms with Crippen LogP contribution in [0.25, 0.3) is 6.08 Å². The van der Waals surface area contributed by atoms with E-state index in [-0.39, 0.29) is 10.8 Å². The molecule has 0 saturated carbocycles. The number of carbonyl (C=O) groups is 1. The Morgan fingerprint density at radius 1 is 1.12 bits per heavy atom. The quantitative estimate of drug-likeness (QED) is 0.329. The number of nitro groups is 1. The van der Waals surface area contributed by atoms with Gasteiger partial charge in [0.1, 0.15) is 0 Å². The zero-order valence-electron chi connectivity index (χ0n) is 13.1. The molecule has 3 N–H and O–H groups in total. The van der Waals surface area contributed by atoms with E-state index in [0.717, 1.165) is 5.56 Å². The molecule has 2 rings (SSSR count). The van der Waals surface area contributed by atoms with Gasteiger partial charge in [-0.15, -0.1) is 0 Å². The Bertz CT molecular complexity index is 793. The minimum atomic E-state index is -0.490. The normalized spacial score (nSPS) is 10.2. The van der Waals surface area contributed by atoms with Crippen LogP contribution in [0.2, 0.25) is 0 Å². The number of rotatable bonds is 5. The predicted octanol–water partition coefficient (Wildman–Crippen LogP) is 2.30. The number of nitro benzene ring substituents is 1. The summed E-state index contributed by atoms with van der Waals surface area (Å²) < 4.78 is 0. The van der Waals surface area contributed by atoms with Crippen molar-refractivity contribution in [1.29, 1.82) is 0 Å². The second-order valence-corrected chi connectivity index (χ2v) is 5.38. The van der Waals surface area contributed by atoms with Crippen LogP contribution in [0.4, 0.5) is 5.69 Å². The molecule has 0 fully saturated rings. The van der Waals surface area contributed by atoms with Crippen molar-refractivity contribution in [3.8, 4) is 0 Å². The Labute approximate surface area is 149 Å². The van der Waals surface area contributed by atoms with E-state index in [2.05, 4.69) is 16.2 Å². The van der Waals surface area contributed by atoms with Crippen LogP contribution in [-0.2, 0) is 11.3 Å². The van der Waals surface area contributed by atoms with Gasteiger partial charge < -0.3 is 5.32 Å². The second-order valence-electron chi connectivity index (χ2n) is 4.97. The van der Waals surface area contributed by atoms with Gasteiger partial charge in [0, 0.05) is 24.8 Å². The number of nitrogens with one attached hydrogen (secondary N) is 3. The number of nitrogens with zero attached hydrogens (tertiary/aromatic N) is 1. The van der Waals surface area contributed by atoms with Crippen LogP contribution < -0.4 is 16.2 Å². The lowest BCUT2D eigenvalue weighted by molar-refractivity contribution is -0.384. The molecule has 128 valence electrons. The number of hydrogen-bond acceptors (Lipinski definition) is 4. The first kappa shape index (κ1) is 18.1. The molecule has 0 heterocycles. The van der Waals surface area contributed by atoms with Gasteiger partial charge in [-0.3, -0.25) is 25.8 Å². The number of hydrazine groups is 1. The average Bonchev–Trinajstić information content (AvgIpc) is 2.64. The molecule has 25 heavy (non-hydrogen) atoms. The van der Waals surface area contributed by atoms with E-state index >= 15 is 0 Å². The molecular formula is C17H16N4O3S. The molecule has 0 aliphatic carbocycles. The third-order valence-corrected chi connectivity index (χ3v) is 3.35. The average molecular weight is 356 g/mol. The van der Waals surface area contributed by atoms with E-state index in [9.17, 15) is 14.9 Å². The van der Waals surface area contributed by atoms with Gasteiger partial charge >= 0.3 is 0 Å². The standard InChI is InChI=1S/C17H16N4O3S/c22-16(10-9-13-7-4-8-15(11-13)21(23)24)19-20-17(25)18-12-14-5-2-1-3-6-14/h1-11H,12H2,(H,19,22)(H2,18,20,25)/b10-9+. The molecule has 7 nitrogen and oxygen atoms in total. The van der Waals surface area contributed by atoms with Gasteiger partial charge in [-0.1, -0.05) is 42.5 Å². The summed E-state index contributed by atoms with van der Waals surface area (Å²) in [6.45, 7) is 0.534. The molecule has 0 radical (unpaired) electrons. The number of carbonyl (C=O) groups excluding carboxylic acids is 1. The van der Waals surface area contributed by atoms with Gasteiger partial charge in [-0.05, 0) is 29.4 Å².